The number of carboxylic acid groups (broad SMARTS) is 1. The molecule has 2 aliphatic rings. The highest BCUT2D eigenvalue weighted by atomic mass is 16.4. The molecular formula is C14H16N2O3. The van der Waals surface area contributed by atoms with Crippen LogP contribution in [0.2, 0.25) is 0 Å². The molecule has 0 bridgehead atoms. The van der Waals surface area contributed by atoms with Gasteiger partial charge in [0.1, 0.15) is 6.04 Å². The number of carbonyl (C=O) groups excluding carboxylic acids is 1. The van der Waals surface area contributed by atoms with Crippen LogP contribution in [0.5, 0.6) is 0 Å². The Bertz CT molecular complexity index is 523. The fourth-order valence-corrected chi connectivity index (χ4v) is 2.92. The van der Waals surface area contributed by atoms with Crippen LogP contribution in [0.4, 0.5) is 5.69 Å². The molecule has 1 saturated heterocycles. The van der Waals surface area contributed by atoms with Crippen molar-refractivity contribution in [1.29, 1.82) is 0 Å². The van der Waals surface area contributed by atoms with Crippen LogP contribution >= 0.6 is 0 Å². The van der Waals surface area contributed by atoms with Gasteiger partial charge in [0.2, 0.25) is 5.91 Å². The molecular weight excluding hydrogens is 244 g/mol. The summed E-state index contributed by atoms with van der Waals surface area (Å²) < 4.78 is 0. The third-order valence-corrected chi connectivity index (χ3v) is 3.91. The number of hydrogen-bond donors (Lipinski definition) is 2. The number of amides is 1. The van der Waals surface area contributed by atoms with Gasteiger partial charge >= 0.3 is 5.97 Å². The SMILES string of the molecule is O=C(O)[C@@H]1Cc2ccccc2N1C(=O)C1CCNC1. The van der Waals surface area contributed by atoms with E-state index in [0.717, 1.165) is 24.2 Å². The molecule has 1 fully saturated rings. The summed E-state index contributed by atoms with van der Waals surface area (Å²) in [4.78, 5) is 25.4. The van der Waals surface area contributed by atoms with Crippen molar-refractivity contribution in [2.45, 2.75) is 18.9 Å². The monoisotopic (exact) mass is 260 g/mol. The Morgan fingerprint density at radius 1 is 1.32 bits per heavy atom. The van der Waals surface area contributed by atoms with Gasteiger partial charge in [0.05, 0.1) is 5.92 Å². The molecule has 0 radical (unpaired) electrons. The lowest BCUT2D eigenvalue weighted by Crippen LogP contribution is -2.46. The smallest absolute Gasteiger partial charge is 0.327 e. The summed E-state index contributed by atoms with van der Waals surface area (Å²) in [5, 5.41) is 12.5. The van der Waals surface area contributed by atoms with Crippen molar-refractivity contribution in [3.8, 4) is 0 Å². The Labute approximate surface area is 111 Å². The van der Waals surface area contributed by atoms with Gasteiger partial charge in [0.15, 0.2) is 0 Å². The van der Waals surface area contributed by atoms with Crippen LogP contribution in [0.3, 0.4) is 0 Å². The number of fused-ring (bicyclic) bond motifs is 1. The first-order valence-corrected chi connectivity index (χ1v) is 6.53. The first kappa shape index (κ1) is 12.2. The van der Waals surface area contributed by atoms with E-state index in [0.29, 0.717) is 13.0 Å². The fraction of sp³-hybridized carbons (Fsp3) is 0.429. The number of hydrogen-bond acceptors (Lipinski definition) is 3. The summed E-state index contributed by atoms with van der Waals surface area (Å²) in [6.45, 7) is 1.47. The Balaban J connectivity index is 1.95. The van der Waals surface area contributed by atoms with Crippen molar-refractivity contribution in [1.82, 2.24) is 5.32 Å². The number of nitrogens with zero attached hydrogens (tertiary/aromatic N) is 1. The number of para-hydroxylation sites is 1. The molecule has 2 aliphatic heterocycles. The van der Waals surface area contributed by atoms with E-state index < -0.39 is 12.0 Å². The molecule has 100 valence electrons. The second-order valence-corrected chi connectivity index (χ2v) is 5.08. The number of benzene rings is 1. The lowest BCUT2D eigenvalue weighted by atomic mass is 10.1. The highest BCUT2D eigenvalue weighted by Crippen LogP contribution is 2.34. The van der Waals surface area contributed by atoms with Gasteiger partial charge in [0, 0.05) is 18.7 Å². The lowest BCUT2D eigenvalue weighted by molar-refractivity contribution is -0.140. The molecule has 1 amide bonds. The molecule has 0 spiro atoms. The van der Waals surface area contributed by atoms with Crippen molar-refractivity contribution in [3.63, 3.8) is 0 Å². The number of nitrogens with one attached hydrogen (secondary N) is 1. The third kappa shape index (κ3) is 2.00. The first-order chi connectivity index (χ1) is 9.18. The molecule has 2 heterocycles. The first-order valence-electron chi connectivity index (χ1n) is 6.53. The molecule has 0 aliphatic carbocycles. The van der Waals surface area contributed by atoms with E-state index in [2.05, 4.69) is 5.32 Å². The lowest BCUT2D eigenvalue weighted by Gasteiger charge is -2.25. The average Bonchev–Trinajstić information content (AvgIpc) is 3.05. The van der Waals surface area contributed by atoms with Gasteiger partial charge in [0.25, 0.3) is 0 Å². The van der Waals surface area contributed by atoms with Crippen molar-refractivity contribution in [2.24, 2.45) is 5.92 Å². The maximum absolute atomic E-state index is 12.5. The molecule has 19 heavy (non-hydrogen) atoms. The van der Waals surface area contributed by atoms with E-state index in [4.69, 9.17) is 0 Å². The van der Waals surface area contributed by atoms with Gasteiger partial charge in [-0.2, -0.15) is 0 Å². The zero-order chi connectivity index (χ0) is 13.4. The predicted octanol–water partition coefficient (Wildman–Crippen LogP) is 0.638. The second kappa shape index (κ2) is 4.66. The topological polar surface area (TPSA) is 69.6 Å². The van der Waals surface area contributed by atoms with Crippen molar-refractivity contribution < 1.29 is 14.7 Å². The quantitative estimate of drug-likeness (QED) is 0.818. The van der Waals surface area contributed by atoms with Crippen LogP contribution in [0.1, 0.15) is 12.0 Å². The number of rotatable bonds is 2. The molecule has 1 aromatic rings. The molecule has 5 nitrogen and oxygen atoms in total. The summed E-state index contributed by atoms with van der Waals surface area (Å²) in [7, 11) is 0. The van der Waals surface area contributed by atoms with Crippen molar-refractivity contribution >= 4 is 17.6 Å². The maximum atomic E-state index is 12.5. The van der Waals surface area contributed by atoms with E-state index in [1.807, 2.05) is 24.3 Å². The van der Waals surface area contributed by atoms with Crippen LogP contribution in [-0.4, -0.2) is 36.1 Å². The zero-order valence-corrected chi connectivity index (χ0v) is 10.5. The van der Waals surface area contributed by atoms with Gasteiger partial charge in [-0.25, -0.2) is 4.79 Å². The standard InChI is InChI=1S/C14H16N2O3/c17-13(10-5-6-15-8-10)16-11-4-2-1-3-9(11)7-12(16)14(18)19/h1-4,10,12,15H,5-8H2,(H,18,19)/t10?,12-/m0/s1. The van der Waals surface area contributed by atoms with Gasteiger partial charge in [-0.15, -0.1) is 0 Å². The summed E-state index contributed by atoms with van der Waals surface area (Å²) in [5.74, 6) is -1.11. The number of aliphatic carboxylic acids is 1. The van der Waals surface area contributed by atoms with Gasteiger partial charge in [-0.05, 0) is 24.6 Å². The molecule has 2 atom stereocenters. The molecule has 5 heteroatoms. The molecule has 3 rings (SSSR count). The maximum Gasteiger partial charge on any atom is 0.327 e. The largest absolute Gasteiger partial charge is 0.480 e. The van der Waals surface area contributed by atoms with Gasteiger partial charge in [-0.3, -0.25) is 9.69 Å². The molecule has 2 N–H and O–H groups in total. The number of carbonyl (C=O) groups is 2. The zero-order valence-electron chi connectivity index (χ0n) is 10.5. The highest BCUT2D eigenvalue weighted by molar-refractivity contribution is 6.03. The van der Waals surface area contributed by atoms with Crippen LogP contribution in [0.15, 0.2) is 24.3 Å². The minimum Gasteiger partial charge on any atom is -0.480 e. The van der Waals surface area contributed by atoms with E-state index in [1.165, 1.54) is 4.90 Å². The number of anilines is 1. The van der Waals surface area contributed by atoms with Crippen molar-refractivity contribution in [3.05, 3.63) is 29.8 Å². The summed E-state index contributed by atoms with van der Waals surface area (Å²) in [5.41, 5.74) is 1.70. The highest BCUT2D eigenvalue weighted by Gasteiger charge is 2.41. The second-order valence-electron chi connectivity index (χ2n) is 5.08. The minimum absolute atomic E-state index is 0.0673. The predicted molar refractivity (Wildman–Crippen MR) is 70.0 cm³/mol. The van der Waals surface area contributed by atoms with E-state index >= 15 is 0 Å². The van der Waals surface area contributed by atoms with Crippen molar-refractivity contribution in [2.75, 3.05) is 18.0 Å². The Morgan fingerprint density at radius 3 is 2.79 bits per heavy atom. The van der Waals surface area contributed by atoms with Crippen LogP contribution in [0.25, 0.3) is 0 Å². The van der Waals surface area contributed by atoms with E-state index in [-0.39, 0.29) is 11.8 Å². The van der Waals surface area contributed by atoms with E-state index in [9.17, 15) is 14.7 Å². The van der Waals surface area contributed by atoms with Crippen LogP contribution in [-0.2, 0) is 16.0 Å². The molecule has 0 saturated carbocycles. The Hall–Kier alpha value is -1.88. The third-order valence-electron chi connectivity index (χ3n) is 3.91. The van der Waals surface area contributed by atoms with Crippen LogP contribution < -0.4 is 10.2 Å². The molecule has 0 aromatic heterocycles. The Morgan fingerprint density at radius 2 is 2.11 bits per heavy atom. The normalized spacial score (nSPS) is 25.4. The molecule has 1 unspecified atom stereocenters. The summed E-state index contributed by atoms with van der Waals surface area (Å²) in [6.07, 6.45) is 1.18. The summed E-state index contributed by atoms with van der Waals surface area (Å²) >= 11 is 0. The van der Waals surface area contributed by atoms with Crippen LogP contribution in [0, 0.1) is 5.92 Å². The fourth-order valence-electron chi connectivity index (χ4n) is 2.92. The Kier molecular flexibility index (Phi) is 2.98. The van der Waals surface area contributed by atoms with Gasteiger partial charge in [-0.1, -0.05) is 18.2 Å². The number of carboxylic acids is 1. The van der Waals surface area contributed by atoms with Gasteiger partial charge < -0.3 is 10.4 Å². The average molecular weight is 260 g/mol. The minimum atomic E-state index is -0.935. The molecule has 1 aromatic carbocycles. The summed E-state index contributed by atoms with van der Waals surface area (Å²) in [6, 6.07) is 6.69. The van der Waals surface area contributed by atoms with E-state index in [1.54, 1.807) is 0 Å².